The van der Waals surface area contributed by atoms with Crippen LogP contribution in [-0.2, 0) is 6.61 Å². The highest BCUT2D eigenvalue weighted by Gasteiger charge is 2.22. The summed E-state index contributed by atoms with van der Waals surface area (Å²) in [4.78, 5) is 8.59. The van der Waals surface area contributed by atoms with Gasteiger partial charge in [0.1, 0.15) is 0 Å². The highest BCUT2D eigenvalue weighted by atomic mass is 16.3. The Morgan fingerprint density at radius 2 is 1.89 bits per heavy atom. The Balaban J connectivity index is 2.10. The lowest BCUT2D eigenvalue weighted by Gasteiger charge is -2.37. The molecule has 4 nitrogen and oxygen atoms in total. The van der Waals surface area contributed by atoms with Gasteiger partial charge >= 0.3 is 0 Å². The highest BCUT2D eigenvalue weighted by molar-refractivity contribution is 5.80. The van der Waals surface area contributed by atoms with E-state index in [-0.39, 0.29) is 6.61 Å². The lowest BCUT2D eigenvalue weighted by Crippen LogP contribution is -2.36. The zero-order chi connectivity index (χ0) is 13.2. The van der Waals surface area contributed by atoms with Crippen molar-refractivity contribution in [2.45, 2.75) is 6.61 Å². The van der Waals surface area contributed by atoms with Crippen LogP contribution in [0.4, 0.5) is 17.1 Å². The molecule has 0 bridgehead atoms. The van der Waals surface area contributed by atoms with Crippen LogP contribution in [0.25, 0.3) is 0 Å². The summed E-state index contributed by atoms with van der Waals surface area (Å²) >= 11 is 0. The second-order valence-electron chi connectivity index (χ2n) is 4.72. The minimum atomic E-state index is 0.0116. The molecule has 3 rings (SSSR count). The van der Waals surface area contributed by atoms with Gasteiger partial charge in [-0.05, 0) is 18.2 Å². The van der Waals surface area contributed by atoms with E-state index in [2.05, 4.69) is 40.0 Å². The van der Waals surface area contributed by atoms with Crippen molar-refractivity contribution in [2.24, 2.45) is 0 Å². The quantitative estimate of drug-likeness (QED) is 0.892. The molecule has 0 unspecified atom stereocenters. The first-order valence-corrected chi connectivity index (χ1v) is 6.42. The molecule has 0 aliphatic carbocycles. The van der Waals surface area contributed by atoms with Crippen molar-refractivity contribution >= 4 is 17.1 Å². The van der Waals surface area contributed by atoms with Gasteiger partial charge in [-0.3, -0.25) is 4.98 Å². The van der Waals surface area contributed by atoms with Crippen LogP contribution in [0.2, 0.25) is 0 Å². The van der Waals surface area contributed by atoms with Gasteiger partial charge in [-0.15, -0.1) is 0 Å². The molecule has 1 aliphatic heterocycles. The molecule has 1 aromatic heterocycles. The Hall–Kier alpha value is -2.07. The van der Waals surface area contributed by atoms with E-state index in [4.69, 9.17) is 0 Å². The lowest BCUT2D eigenvalue weighted by atomic mass is 10.1. The van der Waals surface area contributed by atoms with E-state index in [9.17, 15) is 5.11 Å². The summed E-state index contributed by atoms with van der Waals surface area (Å²) in [5.74, 6) is 0. The molecule has 98 valence electrons. The van der Waals surface area contributed by atoms with Gasteiger partial charge in [0.2, 0.25) is 0 Å². The Bertz CT molecular complexity index is 585. The number of rotatable bonds is 2. The number of aliphatic hydroxyl groups excluding tert-OH is 1. The minimum Gasteiger partial charge on any atom is -0.392 e. The normalized spacial score (nSPS) is 14.4. The first kappa shape index (κ1) is 12.0. The Morgan fingerprint density at radius 3 is 2.68 bits per heavy atom. The summed E-state index contributed by atoms with van der Waals surface area (Å²) < 4.78 is 0. The molecule has 1 N–H and O–H groups in total. The van der Waals surface area contributed by atoms with Crippen LogP contribution in [0.1, 0.15) is 5.56 Å². The molecule has 0 saturated heterocycles. The van der Waals surface area contributed by atoms with Gasteiger partial charge in [0.05, 0.1) is 18.0 Å². The van der Waals surface area contributed by atoms with Crippen LogP contribution in [-0.4, -0.2) is 30.2 Å². The average Bonchev–Trinajstić information content (AvgIpc) is 2.48. The van der Waals surface area contributed by atoms with Gasteiger partial charge in [-0.25, -0.2) is 0 Å². The fourth-order valence-electron chi connectivity index (χ4n) is 2.56. The SMILES string of the molecule is CN1CCN(c2ccncc2CO)c2ccccc21. The van der Waals surface area contributed by atoms with Gasteiger partial charge < -0.3 is 14.9 Å². The van der Waals surface area contributed by atoms with E-state index < -0.39 is 0 Å². The second kappa shape index (κ2) is 4.90. The van der Waals surface area contributed by atoms with E-state index in [1.165, 1.54) is 11.4 Å². The van der Waals surface area contributed by atoms with Crippen molar-refractivity contribution in [1.29, 1.82) is 0 Å². The number of aliphatic hydroxyl groups is 1. The van der Waals surface area contributed by atoms with E-state index in [0.717, 1.165) is 24.3 Å². The Labute approximate surface area is 112 Å². The minimum absolute atomic E-state index is 0.0116. The van der Waals surface area contributed by atoms with Gasteiger partial charge in [0, 0.05) is 43.8 Å². The first-order chi connectivity index (χ1) is 9.31. The standard InChI is InChI=1S/C15H17N3O/c1-17-8-9-18(15-5-3-2-4-14(15)17)13-6-7-16-10-12(13)11-19/h2-7,10,19H,8-9,11H2,1H3. The summed E-state index contributed by atoms with van der Waals surface area (Å²) in [6, 6.07) is 10.3. The van der Waals surface area contributed by atoms with E-state index >= 15 is 0 Å². The van der Waals surface area contributed by atoms with Crippen LogP contribution in [0.15, 0.2) is 42.7 Å². The molecule has 0 fully saturated rings. The number of hydrogen-bond donors (Lipinski definition) is 1. The third kappa shape index (κ3) is 2.04. The van der Waals surface area contributed by atoms with E-state index in [0.29, 0.717) is 0 Å². The lowest BCUT2D eigenvalue weighted by molar-refractivity contribution is 0.281. The van der Waals surface area contributed by atoms with Crippen LogP contribution >= 0.6 is 0 Å². The van der Waals surface area contributed by atoms with Crippen molar-refractivity contribution < 1.29 is 5.11 Å². The third-order valence-corrected chi connectivity index (χ3v) is 3.58. The van der Waals surface area contributed by atoms with E-state index in [1.54, 1.807) is 12.4 Å². The second-order valence-corrected chi connectivity index (χ2v) is 4.72. The molecular weight excluding hydrogens is 238 g/mol. The topological polar surface area (TPSA) is 39.6 Å². The number of hydrogen-bond acceptors (Lipinski definition) is 4. The number of benzene rings is 1. The summed E-state index contributed by atoms with van der Waals surface area (Å²) in [5.41, 5.74) is 4.30. The molecule has 1 aromatic carbocycles. The van der Waals surface area contributed by atoms with Crippen LogP contribution in [0, 0.1) is 0 Å². The maximum atomic E-state index is 9.47. The molecule has 0 saturated carbocycles. The monoisotopic (exact) mass is 255 g/mol. The number of anilines is 3. The molecule has 2 heterocycles. The third-order valence-electron chi connectivity index (χ3n) is 3.58. The van der Waals surface area contributed by atoms with E-state index in [1.807, 2.05) is 12.1 Å². The molecule has 0 radical (unpaired) electrons. The molecule has 0 atom stereocenters. The molecule has 1 aliphatic rings. The van der Waals surface area contributed by atoms with Crippen LogP contribution < -0.4 is 9.80 Å². The molecule has 4 heteroatoms. The molecule has 0 amide bonds. The molecule has 19 heavy (non-hydrogen) atoms. The smallest absolute Gasteiger partial charge is 0.0717 e. The zero-order valence-corrected chi connectivity index (χ0v) is 11.0. The summed E-state index contributed by atoms with van der Waals surface area (Å²) in [7, 11) is 2.11. The fraction of sp³-hybridized carbons (Fsp3) is 0.267. The first-order valence-electron chi connectivity index (χ1n) is 6.42. The molecule has 0 spiro atoms. The summed E-state index contributed by atoms with van der Waals surface area (Å²) in [5, 5.41) is 9.47. The number of nitrogens with zero attached hydrogens (tertiary/aromatic N) is 3. The largest absolute Gasteiger partial charge is 0.392 e. The van der Waals surface area contributed by atoms with Crippen molar-refractivity contribution in [3.05, 3.63) is 48.3 Å². The number of likely N-dealkylation sites (N-methyl/N-ethyl adjacent to an activating group) is 1. The fourth-order valence-corrected chi connectivity index (χ4v) is 2.56. The van der Waals surface area contributed by atoms with Gasteiger partial charge in [0.15, 0.2) is 0 Å². The van der Waals surface area contributed by atoms with Crippen LogP contribution in [0.3, 0.4) is 0 Å². The number of pyridine rings is 1. The Morgan fingerprint density at radius 1 is 1.11 bits per heavy atom. The summed E-state index contributed by atoms with van der Waals surface area (Å²) in [6.45, 7) is 1.88. The predicted molar refractivity (Wildman–Crippen MR) is 76.9 cm³/mol. The number of para-hydroxylation sites is 2. The highest BCUT2D eigenvalue weighted by Crippen LogP contribution is 2.37. The maximum Gasteiger partial charge on any atom is 0.0717 e. The number of fused-ring (bicyclic) bond motifs is 1. The number of aromatic nitrogens is 1. The van der Waals surface area contributed by atoms with Crippen molar-refractivity contribution in [3.63, 3.8) is 0 Å². The predicted octanol–water partition coefficient (Wildman–Crippen LogP) is 2.16. The van der Waals surface area contributed by atoms with Gasteiger partial charge in [-0.1, -0.05) is 12.1 Å². The van der Waals surface area contributed by atoms with Gasteiger partial charge in [-0.2, -0.15) is 0 Å². The maximum absolute atomic E-state index is 9.47. The van der Waals surface area contributed by atoms with Crippen molar-refractivity contribution in [2.75, 3.05) is 29.9 Å². The van der Waals surface area contributed by atoms with Gasteiger partial charge in [0.25, 0.3) is 0 Å². The summed E-state index contributed by atoms with van der Waals surface area (Å²) in [6.07, 6.45) is 3.51. The zero-order valence-electron chi connectivity index (χ0n) is 11.0. The van der Waals surface area contributed by atoms with Crippen LogP contribution in [0.5, 0.6) is 0 Å². The molecular formula is C15H17N3O. The van der Waals surface area contributed by atoms with Crippen molar-refractivity contribution in [1.82, 2.24) is 4.98 Å². The Kier molecular flexibility index (Phi) is 3.09. The van der Waals surface area contributed by atoms with Crippen molar-refractivity contribution in [3.8, 4) is 0 Å². The average molecular weight is 255 g/mol. The molecule has 2 aromatic rings.